The Balaban J connectivity index is 1.34. The second-order valence-corrected chi connectivity index (χ2v) is 10.5. The molecule has 1 aliphatic heterocycles. The number of hydrogen-bond donors (Lipinski definition) is 1. The zero-order valence-corrected chi connectivity index (χ0v) is 18.5. The van der Waals surface area contributed by atoms with Gasteiger partial charge in [-0.2, -0.15) is 13.2 Å². The van der Waals surface area contributed by atoms with Gasteiger partial charge in [0.05, 0.1) is 11.2 Å². The van der Waals surface area contributed by atoms with Crippen molar-refractivity contribution in [3.63, 3.8) is 0 Å². The van der Waals surface area contributed by atoms with Gasteiger partial charge in [-0.15, -0.1) is 0 Å². The van der Waals surface area contributed by atoms with Crippen LogP contribution in [0.3, 0.4) is 0 Å². The zero-order valence-electron chi connectivity index (χ0n) is 18.5. The van der Waals surface area contributed by atoms with E-state index in [4.69, 9.17) is 0 Å². The van der Waals surface area contributed by atoms with E-state index >= 15 is 0 Å². The topological polar surface area (TPSA) is 23.5 Å². The molecule has 1 saturated carbocycles. The Morgan fingerprint density at radius 2 is 1.55 bits per heavy atom. The number of hydrogen-bond acceptors (Lipinski definition) is 2. The summed E-state index contributed by atoms with van der Waals surface area (Å²) < 4.78 is 38.8. The Morgan fingerprint density at radius 1 is 0.935 bits per heavy atom. The van der Waals surface area contributed by atoms with Crippen molar-refractivity contribution in [2.75, 3.05) is 19.6 Å². The average Bonchev–Trinajstić information content (AvgIpc) is 3.20. The Hall–Kier alpha value is -1.85. The maximum atomic E-state index is 12.9. The average molecular weight is 432 g/mol. The van der Waals surface area contributed by atoms with Crippen molar-refractivity contribution in [3.8, 4) is 0 Å². The number of likely N-dealkylation sites (tertiary alicyclic amines) is 1. The first-order valence-electron chi connectivity index (χ1n) is 11.2. The number of nitrogens with zero attached hydrogens (tertiary/aromatic N) is 1. The summed E-state index contributed by atoms with van der Waals surface area (Å²) in [5.74, 6) is 0.877. The molecule has 31 heavy (non-hydrogen) atoms. The summed E-state index contributed by atoms with van der Waals surface area (Å²) in [4.78, 5) is 2.35. The number of alkyl halides is 3. The van der Waals surface area contributed by atoms with Crippen LogP contribution in [-0.2, 0) is 23.6 Å². The summed E-state index contributed by atoms with van der Waals surface area (Å²) in [6.07, 6.45) is -2.17. The van der Waals surface area contributed by atoms with E-state index < -0.39 is 17.3 Å². The molecule has 3 atom stereocenters. The standard InChI is InChI=1S/C26H32F3NO/c1-24(2,3)21-7-9-22(10-8-21)25(31)14-19-16-30(17-20(19)15-25)12-11-18-5-4-6-23(13-18)26(27,28)29/h4-10,13,19-20,31H,11-12,14-17H2,1-3H3/t19-,20+,25-. The van der Waals surface area contributed by atoms with E-state index in [1.54, 1.807) is 6.07 Å². The highest BCUT2D eigenvalue weighted by Crippen LogP contribution is 2.49. The smallest absolute Gasteiger partial charge is 0.385 e. The van der Waals surface area contributed by atoms with Crippen LogP contribution in [0.5, 0.6) is 0 Å². The predicted molar refractivity (Wildman–Crippen MR) is 117 cm³/mol. The van der Waals surface area contributed by atoms with E-state index in [0.29, 0.717) is 18.3 Å². The lowest BCUT2D eigenvalue weighted by atomic mass is 9.84. The first-order valence-corrected chi connectivity index (χ1v) is 11.2. The number of benzene rings is 2. The van der Waals surface area contributed by atoms with Gasteiger partial charge in [-0.25, -0.2) is 0 Å². The molecular weight excluding hydrogens is 399 g/mol. The molecule has 4 rings (SSSR count). The second kappa shape index (κ2) is 7.93. The maximum absolute atomic E-state index is 12.9. The van der Waals surface area contributed by atoms with Crippen molar-refractivity contribution in [1.82, 2.24) is 4.90 Å². The van der Waals surface area contributed by atoms with Crippen LogP contribution >= 0.6 is 0 Å². The molecule has 1 saturated heterocycles. The minimum absolute atomic E-state index is 0.0907. The van der Waals surface area contributed by atoms with E-state index in [-0.39, 0.29) is 5.41 Å². The molecule has 2 aromatic carbocycles. The van der Waals surface area contributed by atoms with E-state index in [1.165, 1.54) is 17.7 Å². The molecule has 2 aliphatic rings. The normalized spacial score (nSPS) is 26.9. The third kappa shape index (κ3) is 4.83. The molecule has 1 N–H and O–H groups in total. The van der Waals surface area contributed by atoms with Gasteiger partial charge in [0.1, 0.15) is 0 Å². The molecule has 5 heteroatoms. The second-order valence-electron chi connectivity index (χ2n) is 10.5. The van der Waals surface area contributed by atoms with Crippen LogP contribution in [0, 0.1) is 11.8 Å². The summed E-state index contributed by atoms with van der Waals surface area (Å²) >= 11 is 0. The number of fused-ring (bicyclic) bond motifs is 1. The SMILES string of the molecule is CC(C)(C)c1ccc([C@]2(O)C[C@H]3CN(CCc4cccc(C(F)(F)F)c4)C[C@H]3C2)cc1. The molecule has 2 fully saturated rings. The highest BCUT2D eigenvalue weighted by Gasteiger charge is 2.48. The van der Waals surface area contributed by atoms with Crippen molar-refractivity contribution >= 4 is 0 Å². The first kappa shape index (κ1) is 22.3. The highest BCUT2D eigenvalue weighted by molar-refractivity contribution is 5.32. The van der Waals surface area contributed by atoms with Gasteiger partial charge in [-0.3, -0.25) is 0 Å². The van der Waals surface area contributed by atoms with Gasteiger partial charge < -0.3 is 10.0 Å². The monoisotopic (exact) mass is 431 g/mol. The predicted octanol–water partition coefficient (Wildman–Crippen LogP) is 5.78. The lowest BCUT2D eigenvalue weighted by Gasteiger charge is -2.27. The third-order valence-corrected chi connectivity index (χ3v) is 7.11. The quantitative estimate of drug-likeness (QED) is 0.664. The van der Waals surface area contributed by atoms with Crippen LogP contribution in [-0.4, -0.2) is 29.6 Å². The molecule has 168 valence electrons. The van der Waals surface area contributed by atoms with Gasteiger partial charge in [0, 0.05) is 19.6 Å². The summed E-state index contributed by atoms with van der Waals surface area (Å²) in [5, 5.41) is 11.3. The van der Waals surface area contributed by atoms with E-state index in [0.717, 1.165) is 49.7 Å². The Kier molecular flexibility index (Phi) is 5.72. The molecule has 1 aliphatic carbocycles. The minimum atomic E-state index is -4.30. The van der Waals surface area contributed by atoms with Crippen molar-refractivity contribution < 1.29 is 18.3 Å². The fraction of sp³-hybridized carbons (Fsp3) is 0.538. The summed E-state index contributed by atoms with van der Waals surface area (Å²) in [6, 6.07) is 14.1. The van der Waals surface area contributed by atoms with Gasteiger partial charge >= 0.3 is 6.18 Å². The van der Waals surface area contributed by atoms with Gasteiger partial charge in [-0.05, 0) is 59.3 Å². The molecule has 0 bridgehead atoms. The molecule has 0 aromatic heterocycles. The fourth-order valence-electron chi connectivity index (χ4n) is 5.34. The molecule has 0 amide bonds. The van der Waals surface area contributed by atoms with Gasteiger partial charge in [0.15, 0.2) is 0 Å². The van der Waals surface area contributed by atoms with Crippen LogP contribution in [0.25, 0.3) is 0 Å². The highest BCUT2D eigenvalue weighted by atomic mass is 19.4. The Labute approximate surface area is 183 Å². The Bertz CT molecular complexity index is 899. The number of halogens is 3. The minimum Gasteiger partial charge on any atom is -0.385 e. The van der Waals surface area contributed by atoms with Crippen LogP contribution in [0.4, 0.5) is 13.2 Å². The molecule has 0 spiro atoms. The summed E-state index contributed by atoms with van der Waals surface area (Å²) in [5.41, 5.74) is 1.74. The maximum Gasteiger partial charge on any atom is 0.416 e. The third-order valence-electron chi connectivity index (χ3n) is 7.11. The van der Waals surface area contributed by atoms with Gasteiger partial charge in [-0.1, -0.05) is 63.2 Å². The first-order chi connectivity index (χ1) is 14.4. The molecule has 2 aromatic rings. The van der Waals surface area contributed by atoms with Crippen molar-refractivity contribution in [2.45, 2.75) is 57.2 Å². The largest absolute Gasteiger partial charge is 0.416 e. The summed E-state index contributed by atoms with van der Waals surface area (Å²) in [6.45, 7) is 9.13. The van der Waals surface area contributed by atoms with E-state index in [2.05, 4.69) is 49.9 Å². The number of rotatable bonds is 4. The van der Waals surface area contributed by atoms with Crippen molar-refractivity contribution in [1.29, 1.82) is 0 Å². The summed E-state index contributed by atoms with van der Waals surface area (Å²) in [7, 11) is 0. The van der Waals surface area contributed by atoms with Crippen LogP contribution in [0.1, 0.15) is 55.9 Å². The van der Waals surface area contributed by atoms with Crippen LogP contribution in [0.15, 0.2) is 48.5 Å². The van der Waals surface area contributed by atoms with E-state index in [1.807, 2.05) is 0 Å². The molecule has 1 heterocycles. The molecule has 0 radical (unpaired) electrons. The van der Waals surface area contributed by atoms with Gasteiger partial charge in [0.2, 0.25) is 0 Å². The van der Waals surface area contributed by atoms with Gasteiger partial charge in [0.25, 0.3) is 0 Å². The molecular formula is C26H32F3NO. The molecule has 2 nitrogen and oxygen atoms in total. The zero-order chi connectivity index (χ0) is 22.4. The lowest BCUT2D eigenvalue weighted by Crippen LogP contribution is -2.29. The molecule has 0 unspecified atom stereocenters. The Morgan fingerprint density at radius 3 is 2.10 bits per heavy atom. The fourth-order valence-corrected chi connectivity index (χ4v) is 5.34. The lowest BCUT2D eigenvalue weighted by molar-refractivity contribution is -0.137. The van der Waals surface area contributed by atoms with Crippen molar-refractivity contribution in [2.24, 2.45) is 11.8 Å². The van der Waals surface area contributed by atoms with Crippen molar-refractivity contribution in [3.05, 3.63) is 70.8 Å². The van der Waals surface area contributed by atoms with E-state index in [9.17, 15) is 18.3 Å². The van der Waals surface area contributed by atoms with Crippen LogP contribution < -0.4 is 0 Å². The van der Waals surface area contributed by atoms with Crippen LogP contribution in [0.2, 0.25) is 0 Å². The number of aliphatic hydroxyl groups is 1.